The van der Waals surface area contributed by atoms with Crippen molar-refractivity contribution >= 4 is 11.7 Å². The molecule has 0 spiro atoms. The second-order valence-corrected chi connectivity index (χ2v) is 5.31. The van der Waals surface area contributed by atoms with Gasteiger partial charge in [-0.2, -0.15) is 0 Å². The van der Waals surface area contributed by atoms with Crippen LogP contribution in [0.15, 0.2) is 66.9 Å². The van der Waals surface area contributed by atoms with Gasteiger partial charge in [-0.15, -0.1) is 0 Å². The Labute approximate surface area is 130 Å². The zero-order chi connectivity index (χ0) is 15.2. The molecule has 3 nitrogen and oxygen atoms in total. The van der Waals surface area contributed by atoms with Crippen molar-refractivity contribution in [2.24, 2.45) is 0 Å². The van der Waals surface area contributed by atoms with Crippen molar-refractivity contribution in [3.63, 3.8) is 0 Å². The summed E-state index contributed by atoms with van der Waals surface area (Å²) in [6, 6.07) is 20.6. The first-order valence-corrected chi connectivity index (χ1v) is 7.56. The minimum Gasteiger partial charge on any atom is -0.447 e. The molecule has 112 valence electrons. The molecule has 1 aliphatic rings. The Balaban J connectivity index is 1.80. The van der Waals surface area contributed by atoms with E-state index in [1.54, 1.807) is 4.90 Å². The van der Waals surface area contributed by atoms with Crippen LogP contribution in [-0.4, -0.2) is 24.1 Å². The van der Waals surface area contributed by atoms with E-state index in [9.17, 15) is 4.79 Å². The van der Waals surface area contributed by atoms with Crippen LogP contribution in [0.2, 0.25) is 0 Å². The highest BCUT2D eigenvalue weighted by Gasteiger charge is 2.20. The monoisotopic (exact) mass is 293 g/mol. The standard InChI is InChI=1S/C19H19NO2/c21-19-20(13-14-22-19)15-18(17-9-5-2-6-10-17)12-11-16-7-3-1-4-8-16/h1-10,15H,11-14H2/b18-15+. The largest absolute Gasteiger partial charge is 0.447 e. The predicted octanol–water partition coefficient (Wildman–Crippen LogP) is 4.11. The maximum Gasteiger partial charge on any atom is 0.413 e. The first kappa shape index (κ1) is 14.4. The Bertz CT molecular complexity index is 650. The molecule has 0 radical (unpaired) electrons. The van der Waals surface area contributed by atoms with Crippen molar-refractivity contribution in [3.05, 3.63) is 78.0 Å². The van der Waals surface area contributed by atoms with E-state index in [0.717, 1.165) is 24.0 Å². The quantitative estimate of drug-likeness (QED) is 0.830. The fourth-order valence-corrected chi connectivity index (χ4v) is 2.57. The third kappa shape index (κ3) is 3.55. The lowest BCUT2D eigenvalue weighted by molar-refractivity contribution is 0.166. The minimum atomic E-state index is -0.256. The lowest BCUT2D eigenvalue weighted by Crippen LogP contribution is -2.17. The second-order valence-electron chi connectivity index (χ2n) is 5.31. The summed E-state index contributed by atoms with van der Waals surface area (Å²) in [5, 5.41) is 0. The normalized spacial score (nSPS) is 15.0. The van der Waals surface area contributed by atoms with Crippen molar-refractivity contribution in [1.82, 2.24) is 4.90 Å². The molecule has 0 N–H and O–H groups in total. The number of hydrogen-bond donors (Lipinski definition) is 0. The molecular weight excluding hydrogens is 274 g/mol. The van der Waals surface area contributed by atoms with E-state index in [-0.39, 0.29) is 6.09 Å². The van der Waals surface area contributed by atoms with E-state index >= 15 is 0 Å². The van der Waals surface area contributed by atoms with E-state index in [2.05, 4.69) is 36.4 Å². The number of amides is 1. The number of allylic oxidation sites excluding steroid dienone is 1. The first-order valence-electron chi connectivity index (χ1n) is 7.56. The highest BCUT2D eigenvalue weighted by Crippen LogP contribution is 2.22. The Morgan fingerprint density at radius 3 is 2.36 bits per heavy atom. The molecule has 3 rings (SSSR count). The molecule has 0 aliphatic carbocycles. The molecule has 0 atom stereocenters. The number of cyclic esters (lactones) is 1. The fraction of sp³-hybridized carbons (Fsp3) is 0.211. The molecule has 1 aliphatic heterocycles. The molecule has 0 bridgehead atoms. The number of benzene rings is 2. The molecule has 1 heterocycles. The molecule has 2 aromatic rings. The van der Waals surface area contributed by atoms with Gasteiger partial charge in [-0.1, -0.05) is 60.7 Å². The second kappa shape index (κ2) is 6.94. The van der Waals surface area contributed by atoms with Gasteiger partial charge in [0, 0.05) is 6.20 Å². The highest BCUT2D eigenvalue weighted by molar-refractivity contribution is 5.75. The zero-order valence-corrected chi connectivity index (χ0v) is 12.4. The maximum absolute atomic E-state index is 11.7. The van der Waals surface area contributed by atoms with Gasteiger partial charge in [0.1, 0.15) is 6.61 Å². The van der Waals surface area contributed by atoms with Crippen LogP contribution < -0.4 is 0 Å². The molecule has 3 heteroatoms. The Morgan fingerprint density at radius 2 is 1.73 bits per heavy atom. The summed E-state index contributed by atoms with van der Waals surface area (Å²) in [5.41, 5.74) is 3.61. The van der Waals surface area contributed by atoms with Crippen molar-refractivity contribution in [3.8, 4) is 0 Å². The van der Waals surface area contributed by atoms with Gasteiger partial charge in [-0.3, -0.25) is 4.90 Å². The van der Waals surface area contributed by atoms with Crippen molar-refractivity contribution in [2.45, 2.75) is 12.8 Å². The van der Waals surface area contributed by atoms with E-state index in [4.69, 9.17) is 4.74 Å². The number of carbonyl (C=O) groups excluding carboxylic acids is 1. The van der Waals surface area contributed by atoms with Crippen molar-refractivity contribution in [2.75, 3.05) is 13.2 Å². The van der Waals surface area contributed by atoms with Gasteiger partial charge in [0.25, 0.3) is 0 Å². The van der Waals surface area contributed by atoms with Gasteiger partial charge in [0.2, 0.25) is 0 Å². The van der Waals surface area contributed by atoms with Crippen LogP contribution in [0.3, 0.4) is 0 Å². The number of ether oxygens (including phenoxy) is 1. The number of rotatable bonds is 5. The highest BCUT2D eigenvalue weighted by atomic mass is 16.6. The summed E-state index contributed by atoms with van der Waals surface area (Å²) in [6.07, 6.45) is 3.52. The Hall–Kier alpha value is -2.55. The Morgan fingerprint density at radius 1 is 1.05 bits per heavy atom. The molecule has 1 saturated heterocycles. The molecule has 0 saturated carbocycles. The van der Waals surface area contributed by atoms with E-state index in [1.165, 1.54) is 5.56 Å². The van der Waals surface area contributed by atoms with E-state index in [1.807, 2.05) is 30.5 Å². The van der Waals surface area contributed by atoms with Crippen LogP contribution in [0.25, 0.3) is 5.57 Å². The maximum atomic E-state index is 11.7. The number of nitrogens with zero attached hydrogens (tertiary/aromatic N) is 1. The first-order chi connectivity index (χ1) is 10.8. The van der Waals surface area contributed by atoms with E-state index < -0.39 is 0 Å². The summed E-state index contributed by atoms with van der Waals surface area (Å²) < 4.78 is 5.01. The van der Waals surface area contributed by atoms with Crippen molar-refractivity contribution in [1.29, 1.82) is 0 Å². The lowest BCUT2D eigenvalue weighted by atomic mass is 9.99. The third-order valence-corrected chi connectivity index (χ3v) is 3.77. The summed E-state index contributed by atoms with van der Waals surface area (Å²) in [5.74, 6) is 0. The van der Waals surface area contributed by atoms with Crippen LogP contribution in [-0.2, 0) is 11.2 Å². The average Bonchev–Trinajstić information content (AvgIpc) is 2.98. The van der Waals surface area contributed by atoms with Gasteiger partial charge in [0.05, 0.1) is 6.54 Å². The third-order valence-electron chi connectivity index (χ3n) is 3.77. The molecule has 1 fully saturated rings. The van der Waals surface area contributed by atoms with Crippen molar-refractivity contribution < 1.29 is 9.53 Å². The molecule has 2 aromatic carbocycles. The fourth-order valence-electron chi connectivity index (χ4n) is 2.57. The molecule has 22 heavy (non-hydrogen) atoms. The van der Waals surface area contributed by atoms with Crippen LogP contribution in [0.1, 0.15) is 17.5 Å². The minimum absolute atomic E-state index is 0.256. The van der Waals surface area contributed by atoms with Gasteiger partial charge in [-0.25, -0.2) is 4.79 Å². The van der Waals surface area contributed by atoms with Gasteiger partial charge < -0.3 is 4.74 Å². The molecule has 0 aromatic heterocycles. The number of hydrogen-bond acceptors (Lipinski definition) is 2. The van der Waals surface area contributed by atoms with Gasteiger partial charge >= 0.3 is 6.09 Å². The zero-order valence-electron chi connectivity index (χ0n) is 12.4. The number of carbonyl (C=O) groups is 1. The molecule has 0 unspecified atom stereocenters. The lowest BCUT2D eigenvalue weighted by Gasteiger charge is -2.13. The SMILES string of the molecule is O=C1OCCN1/C=C(\CCc1ccccc1)c1ccccc1. The summed E-state index contributed by atoms with van der Waals surface area (Å²) in [4.78, 5) is 13.3. The predicted molar refractivity (Wildman–Crippen MR) is 87.2 cm³/mol. The molecule has 1 amide bonds. The molecular formula is C19H19NO2. The number of aryl methyl sites for hydroxylation is 1. The summed E-state index contributed by atoms with van der Waals surface area (Å²) in [7, 11) is 0. The Kier molecular flexibility index (Phi) is 4.54. The van der Waals surface area contributed by atoms with Gasteiger partial charge in [0.15, 0.2) is 0 Å². The van der Waals surface area contributed by atoms with Crippen LogP contribution >= 0.6 is 0 Å². The summed E-state index contributed by atoms with van der Waals surface area (Å²) in [6.45, 7) is 1.09. The van der Waals surface area contributed by atoms with Crippen LogP contribution in [0.5, 0.6) is 0 Å². The van der Waals surface area contributed by atoms with Gasteiger partial charge in [-0.05, 0) is 29.5 Å². The smallest absolute Gasteiger partial charge is 0.413 e. The topological polar surface area (TPSA) is 29.5 Å². The average molecular weight is 293 g/mol. The van der Waals surface area contributed by atoms with Crippen LogP contribution in [0, 0.1) is 0 Å². The van der Waals surface area contributed by atoms with E-state index in [0.29, 0.717) is 13.2 Å². The van der Waals surface area contributed by atoms with Crippen LogP contribution in [0.4, 0.5) is 4.79 Å². The summed E-state index contributed by atoms with van der Waals surface area (Å²) >= 11 is 0.